The van der Waals surface area contributed by atoms with Gasteiger partial charge in [-0.15, -0.1) is 0 Å². The van der Waals surface area contributed by atoms with E-state index in [1.807, 2.05) is 25.1 Å². The maximum Gasteiger partial charge on any atom is 0.158 e. The van der Waals surface area contributed by atoms with Crippen LogP contribution in [0, 0.1) is 6.92 Å². The lowest BCUT2D eigenvalue weighted by atomic mass is 10.1. The molecule has 4 nitrogen and oxygen atoms in total. The molecule has 1 aromatic heterocycles. The zero-order valence-electron chi connectivity index (χ0n) is 14.3. The average Bonchev–Trinajstić information content (AvgIpc) is 3.07. The number of rotatable bonds is 7. The van der Waals surface area contributed by atoms with Crippen LogP contribution in [0.25, 0.3) is 11.3 Å². The molecule has 2 aromatic rings. The third-order valence-electron chi connectivity index (χ3n) is 4.68. The average molecular weight is 351 g/mol. The van der Waals surface area contributed by atoms with E-state index in [9.17, 15) is 0 Å². The monoisotopic (exact) mass is 350 g/mol. The molecule has 0 amide bonds. The number of nitrogens with two attached hydrogens (primary N) is 1. The Kier molecular flexibility index (Phi) is 6.32. The fraction of sp³-hybridized carbons (Fsp3) is 0.474. The van der Waals surface area contributed by atoms with Crippen LogP contribution in [0.3, 0.4) is 0 Å². The molecule has 0 radical (unpaired) electrons. The van der Waals surface area contributed by atoms with Crippen molar-refractivity contribution in [1.82, 2.24) is 0 Å². The van der Waals surface area contributed by atoms with Gasteiger partial charge in [-0.05, 0) is 30.7 Å². The van der Waals surface area contributed by atoms with Crippen molar-refractivity contribution in [2.45, 2.75) is 19.9 Å². The van der Waals surface area contributed by atoms with Crippen molar-refractivity contribution >= 4 is 11.6 Å². The number of hydrogen-bond donors (Lipinski definition) is 2. The smallest absolute Gasteiger partial charge is 0.158 e. The van der Waals surface area contributed by atoms with Crippen molar-refractivity contribution in [3.63, 3.8) is 0 Å². The highest BCUT2D eigenvalue weighted by atomic mass is 35.5. The molecular weight excluding hydrogens is 324 g/mol. The van der Waals surface area contributed by atoms with Gasteiger partial charge in [-0.2, -0.15) is 0 Å². The van der Waals surface area contributed by atoms with E-state index < -0.39 is 0 Å². The third kappa shape index (κ3) is 4.61. The van der Waals surface area contributed by atoms with Crippen LogP contribution in [-0.4, -0.2) is 39.4 Å². The van der Waals surface area contributed by atoms with E-state index in [0.29, 0.717) is 0 Å². The maximum absolute atomic E-state index is 6.20. The highest BCUT2D eigenvalue weighted by Gasteiger charge is 2.13. The molecule has 24 heavy (non-hydrogen) atoms. The Hall–Kier alpha value is -1.33. The predicted octanol–water partition coefficient (Wildman–Crippen LogP) is 1.28. The first kappa shape index (κ1) is 17.5. The Morgan fingerprint density at radius 3 is 2.83 bits per heavy atom. The lowest BCUT2D eigenvalue weighted by Gasteiger charge is -2.23. The van der Waals surface area contributed by atoms with Gasteiger partial charge in [-0.25, -0.2) is 0 Å². The molecule has 0 bridgehead atoms. The molecule has 0 spiro atoms. The van der Waals surface area contributed by atoms with Crippen LogP contribution in [0.5, 0.6) is 0 Å². The number of nitrogens with one attached hydrogen (secondary N) is 1. The van der Waals surface area contributed by atoms with E-state index >= 15 is 0 Å². The Balaban J connectivity index is 1.43. The van der Waals surface area contributed by atoms with Crippen molar-refractivity contribution in [3.8, 4) is 11.3 Å². The zero-order chi connectivity index (χ0) is 16.8. The van der Waals surface area contributed by atoms with Gasteiger partial charge in [-0.1, -0.05) is 23.7 Å². The molecule has 1 fully saturated rings. The molecule has 1 aromatic carbocycles. The minimum Gasteiger partial charge on any atom is -0.455 e. The second kappa shape index (κ2) is 8.67. The van der Waals surface area contributed by atoms with E-state index in [1.165, 1.54) is 13.0 Å². The normalized spacial score (nSPS) is 15.8. The van der Waals surface area contributed by atoms with Crippen molar-refractivity contribution in [2.24, 2.45) is 0 Å². The van der Waals surface area contributed by atoms with Crippen molar-refractivity contribution < 1.29 is 19.4 Å². The van der Waals surface area contributed by atoms with Gasteiger partial charge in [0.1, 0.15) is 25.4 Å². The summed E-state index contributed by atoms with van der Waals surface area (Å²) in [7, 11) is 0. The first-order valence-electron chi connectivity index (χ1n) is 8.81. The summed E-state index contributed by atoms with van der Waals surface area (Å²) < 4.78 is 11.4. The number of halogens is 1. The highest BCUT2D eigenvalue weighted by molar-refractivity contribution is 6.31. The third-order valence-corrected chi connectivity index (χ3v) is 5.09. The molecular formula is C19H27ClN2O2+2. The molecule has 2 heterocycles. The highest BCUT2D eigenvalue weighted by Crippen LogP contribution is 2.29. The minimum absolute atomic E-state index is 0.780. The van der Waals surface area contributed by atoms with E-state index in [-0.39, 0.29) is 0 Å². The molecule has 0 unspecified atom stereocenters. The largest absolute Gasteiger partial charge is 0.455 e. The van der Waals surface area contributed by atoms with Gasteiger partial charge in [-0.3, -0.25) is 0 Å². The predicted molar refractivity (Wildman–Crippen MR) is 95.4 cm³/mol. The topological polar surface area (TPSA) is 43.4 Å². The van der Waals surface area contributed by atoms with Gasteiger partial charge in [0.15, 0.2) is 5.76 Å². The van der Waals surface area contributed by atoms with Gasteiger partial charge in [0, 0.05) is 17.0 Å². The van der Waals surface area contributed by atoms with Gasteiger partial charge in [0.25, 0.3) is 0 Å². The SMILES string of the molecule is Cc1c(Cl)cccc1-c1ccc(C[NH2+]CCC[NH+]2CCOCC2)o1. The molecule has 5 heteroatoms. The van der Waals surface area contributed by atoms with Crippen molar-refractivity contribution in [3.05, 3.63) is 46.7 Å². The molecule has 0 saturated carbocycles. The van der Waals surface area contributed by atoms with E-state index in [0.717, 1.165) is 67.1 Å². The van der Waals surface area contributed by atoms with Crippen LogP contribution in [0.15, 0.2) is 34.7 Å². The lowest BCUT2D eigenvalue weighted by molar-refractivity contribution is -0.909. The first-order chi connectivity index (χ1) is 11.7. The van der Waals surface area contributed by atoms with Crippen LogP contribution in [0.1, 0.15) is 17.7 Å². The maximum atomic E-state index is 6.20. The quantitative estimate of drug-likeness (QED) is 0.739. The number of benzene rings is 1. The summed E-state index contributed by atoms with van der Waals surface area (Å²) >= 11 is 6.20. The van der Waals surface area contributed by atoms with Crippen LogP contribution in [-0.2, 0) is 11.3 Å². The number of furan rings is 1. The van der Waals surface area contributed by atoms with Crippen molar-refractivity contribution in [1.29, 1.82) is 0 Å². The fourth-order valence-electron chi connectivity index (χ4n) is 3.16. The molecule has 0 aliphatic carbocycles. The summed E-state index contributed by atoms with van der Waals surface area (Å²) in [6.45, 7) is 9.43. The van der Waals surface area contributed by atoms with Gasteiger partial charge < -0.3 is 19.4 Å². The van der Waals surface area contributed by atoms with Crippen molar-refractivity contribution in [2.75, 3.05) is 39.4 Å². The van der Waals surface area contributed by atoms with Crippen LogP contribution < -0.4 is 10.2 Å². The Bertz CT molecular complexity index is 651. The van der Waals surface area contributed by atoms with E-state index in [1.54, 1.807) is 4.90 Å². The molecule has 1 saturated heterocycles. The summed E-state index contributed by atoms with van der Waals surface area (Å²) in [4.78, 5) is 1.67. The van der Waals surface area contributed by atoms with Crippen LogP contribution in [0.2, 0.25) is 5.02 Å². The molecule has 3 rings (SSSR count). The second-order valence-electron chi connectivity index (χ2n) is 6.43. The minimum atomic E-state index is 0.780. The van der Waals surface area contributed by atoms with Gasteiger partial charge in [0.05, 0.1) is 26.3 Å². The standard InChI is InChI=1S/C19H25ClN2O2/c1-15-17(4-2-5-18(15)20)19-7-6-16(24-19)14-21-8-3-9-22-10-12-23-13-11-22/h2,4-7,21H,3,8-14H2,1H3/p+2. The summed E-state index contributed by atoms with van der Waals surface area (Å²) in [6.07, 6.45) is 1.23. The fourth-order valence-corrected chi connectivity index (χ4v) is 3.33. The molecule has 3 N–H and O–H groups in total. The Morgan fingerprint density at radius 1 is 1.17 bits per heavy atom. The van der Waals surface area contributed by atoms with E-state index in [2.05, 4.69) is 17.4 Å². The van der Waals surface area contributed by atoms with Gasteiger partial charge in [0.2, 0.25) is 0 Å². The number of morpholine rings is 1. The number of quaternary nitrogens is 2. The number of hydrogen-bond acceptors (Lipinski definition) is 2. The van der Waals surface area contributed by atoms with Gasteiger partial charge >= 0.3 is 0 Å². The Labute approximate surface area is 148 Å². The number of ether oxygens (including phenoxy) is 1. The second-order valence-corrected chi connectivity index (χ2v) is 6.83. The van der Waals surface area contributed by atoms with E-state index in [4.69, 9.17) is 20.8 Å². The molecule has 0 atom stereocenters. The summed E-state index contributed by atoms with van der Waals surface area (Å²) in [5.41, 5.74) is 2.14. The molecule has 130 valence electrons. The summed E-state index contributed by atoms with van der Waals surface area (Å²) in [5, 5.41) is 3.11. The zero-order valence-corrected chi connectivity index (χ0v) is 15.1. The first-order valence-corrected chi connectivity index (χ1v) is 9.19. The molecule has 1 aliphatic heterocycles. The molecule has 1 aliphatic rings. The summed E-state index contributed by atoms with van der Waals surface area (Å²) in [5.74, 6) is 1.92. The van der Waals surface area contributed by atoms with Crippen LogP contribution >= 0.6 is 11.6 Å². The lowest BCUT2D eigenvalue weighted by Crippen LogP contribution is -3.14. The Morgan fingerprint density at radius 2 is 2.00 bits per heavy atom. The van der Waals surface area contributed by atoms with Crippen LogP contribution in [0.4, 0.5) is 0 Å². The summed E-state index contributed by atoms with van der Waals surface area (Å²) in [6, 6.07) is 10.0.